The number of hydrogen-bond donors (Lipinski definition) is 1. The van der Waals surface area contributed by atoms with Crippen molar-refractivity contribution < 1.29 is 13.5 Å². The predicted octanol–water partition coefficient (Wildman–Crippen LogP) is 2.72. The molecule has 0 aliphatic heterocycles. The van der Waals surface area contributed by atoms with Gasteiger partial charge < -0.3 is 14.5 Å². The third kappa shape index (κ3) is 3.07. The second-order valence-electron chi connectivity index (χ2n) is 3.65. The quantitative estimate of drug-likeness (QED) is 0.865. The van der Waals surface area contributed by atoms with E-state index in [1.807, 2.05) is 13.1 Å². The van der Waals surface area contributed by atoms with Gasteiger partial charge in [0.25, 0.3) is 0 Å². The lowest BCUT2D eigenvalue weighted by atomic mass is 10.2. The summed E-state index contributed by atoms with van der Waals surface area (Å²) in [6.45, 7) is 1.02. The number of hydrogen-bond acceptors (Lipinski definition) is 3. The SMILES string of the molecule is CNCc1occc1COc1cccc(F)c1. The fourth-order valence-corrected chi connectivity index (χ4v) is 1.53. The van der Waals surface area contributed by atoms with Gasteiger partial charge in [-0.3, -0.25) is 0 Å². The maximum absolute atomic E-state index is 12.9. The molecule has 0 saturated heterocycles. The van der Waals surface area contributed by atoms with E-state index in [4.69, 9.17) is 9.15 Å². The van der Waals surface area contributed by atoms with Crippen LogP contribution in [-0.2, 0) is 13.2 Å². The van der Waals surface area contributed by atoms with Crippen molar-refractivity contribution in [1.82, 2.24) is 5.32 Å². The maximum atomic E-state index is 12.9. The number of furan rings is 1. The van der Waals surface area contributed by atoms with E-state index in [0.717, 1.165) is 11.3 Å². The molecule has 0 atom stereocenters. The van der Waals surface area contributed by atoms with E-state index >= 15 is 0 Å². The number of ether oxygens (including phenoxy) is 1. The molecule has 4 heteroatoms. The lowest BCUT2D eigenvalue weighted by Crippen LogP contribution is -2.07. The molecule has 90 valence electrons. The van der Waals surface area contributed by atoms with Gasteiger partial charge in [-0.05, 0) is 25.2 Å². The molecule has 3 nitrogen and oxygen atoms in total. The highest BCUT2D eigenvalue weighted by atomic mass is 19.1. The Balaban J connectivity index is 1.99. The molecule has 2 rings (SSSR count). The van der Waals surface area contributed by atoms with Gasteiger partial charge in [-0.2, -0.15) is 0 Å². The van der Waals surface area contributed by atoms with Gasteiger partial charge in [-0.15, -0.1) is 0 Å². The van der Waals surface area contributed by atoms with E-state index in [9.17, 15) is 4.39 Å². The van der Waals surface area contributed by atoms with Gasteiger partial charge in [0.1, 0.15) is 23.9 Å². The minimum absolute atomic E-state index is 0.301. The van der Waals surface area contributed by atoms with Crippen molar-refractivity contribution in [3.63, 3.8) is 0 Å². The lowest BCUT2D eigenvalue weighted by molar-refractivity contribution is 0.300. The molecular weight excluding hydrogens is 221 g/mol. The third-order valence-electron chi connectivity index (χ3n) is 2.37. The molecule has 0 fully saturated rings. The van der Waals surface area contributed by atoms with Gasteiger partial charge >= 0.3 is 0 Å². The van der Waals surface area contributed by atoms with Crippen LogP contribution in [0.3, 0.4) is 0 Å². The minimum atomic E-state index is -0.301. The highest BCUT2D eigenvalue weighted by Crippen LogP contribution is 2.16. The summed E-state index contributed by atoms with van der Waals surface area (Å²) in [6.07, 6.45) is 1.62. The molecule has 1 heterocycles. The number of halogens is 1. The first-order valence-corrected chi connectivity index (χ1v) is 5.38. The highest BCUT2D eigenvalue weighted by Gasteiger charge is 2.06. The normalized spacial score (nSPS) is 10.5. The molecule has 2 aromatic rings. The van der Waals surface area contributed by atoms with Gasteiger partial charge in [0.15, 0.2) is 0 Å². The molecule has 0 spiro atoms. The van der Waals surface area contributed by atoms with Crippen LogP contribution in [0.2, 0.25) is 0 Å². The Morgan fingerprint density at radius 3 is 3.00 bits per heavy atom. The van der Waals surface area contributed by atoms with Gasteiger partial charge in [0.2, 0.25) is 0 Å². The molecule has 0 radical (unpaired) electrons. The molecule has 0 saturated carbocycles. The van der Waals surface area contributed by atoms with Gasteiger partial charge in [-0.25, -0.2) is 4.39 Å². The van der Waals surface area contributed by atoms with Crippen molar-refractivity contribution in [2.75, 3.05) is 7.05 Å². The zero-order chi connectivity index (χ0) is 12.1. The number of rotatable bonds is 5. The Kier molecular flexibility index (Phi) is 3.77. The number of nitrogens with one attached hydrogen (secondary N) is 1. The van der Waals surface area contributed by atoms with E-state index in [-0.39, 0.29) is 5.82 Å². The Morgan fingerprint density at radius 1 is 1.35 bits per heavy atom. The van der Waals surface area contributed by atoms with Gasteiger partial charge in [0.05, 0.1) is 12.8 Å². The second-order valence-corrected chi connectivity index (χ2v) is 3.65. The summed E-state index contributed by atoms with van der Waals surface area (Å²) in [5, 5.41) is 3.01. The standard InChI is InChI=1S/C13H14FNO2/c1-15-8-13-10(5-6-16-13)9-17-12-4-2-3-11(14)7-12/h2-7,15H,8-9H2,1H3. The Labute approximate surface area is 99.2 Å². The summed E-state index contributed by atoms with van der Waals surface area (Å²) in [7, 11) is 1.85. The molecule has 1 aromatic heterocycles. The van der Waals surface area contributed by atoms with Gasteiger partial charge in [-0.1, -0.05) is 6.07 Å². The van der Waals surface area contributed by atoms with E-state index in [1.165, 1.54) is 12.1 Å². The zero-order valence-electron chi connectivity index (χ0n) is 9.57. The van der Waals surface area contributed by atoms with Crippen molar-refractivity contribution >= 4 is 0 Å². The van der Waals surface area contributed by atoms with Crippen molar-refractivity contribution in [3.8, 4) is 5.75 Å². The van der Waals surface area contributed by atoms with Crippen LogP contribution in [0.25, 0.3) is 0 Å². The topological polar surface area (TPSA) is 34.4 Å². The van der Waals surface area contributed by atoms with Gasteiger partial charge in [0, 0.05) is 11.6 Å². The van der Waals surface area contributed by atoms with Crippen LogP contribution in [-0.4, -0.2) is 7.05 Å². The molecule has 17 heavy (non-hydrogen) atoms. The summed E-state index contributed by atoms with van der Waals surface area (Å²) in [4.78, 5) is 0. The molecule has 0 aliphatic rings. The highest BCUT2D eigenvalue weighted by molar-refractivity contribution is 5.24. The Morgan fingerprint density at radius 2 is 2.24 bits per heavy atom. The summed E-state index contributed by atoms with van der Waals surface area (Å²) in [6, 6.07) is 7.94. The van der Waals surface area contributed by atoms with E-state index < -0.39 is 0 Å². The van der Waals surface area contributed by atoms with Crippen LogP contribution in [0.15, 0.2) is 41.0 Å². The monoisotopic (exact) mass is 235 g/mol. The van der Waals surface area contributed by atoms with E-state index in [2.05, 4.69) is 5.32 Å². The molecular formula is C13H14FNO2. The van der Waals surface area contributed by atoms with Crippen LogP contribution in [0.5, 0.6) is 5.75 Å². The largest absolute Gasteiger partial charge is 0.489 e. The maximum Gasteiger partial charge on any atom is 0.126 e. The average Bonchev–Trinajstić information content (AvgIpc) is 2.75. The second kappa shape index (κ2) is 5.50. The molecule has 0 unspecified atom stereocenters. The molecule has 1 aromatic carbocycles. The zero-order valence-corrected chi connectivity index (χ0v) is 9.57. The van der Waals surface area contributed by atoms with Crippen molar-refractivity contribution in [1.29, 1.82) is 0 Å². The molecule has 1 N–H and O–H groups in total. The summed E-state index contributed by atoms with van der Waals surface area (Å²) in [5.41, 5.74) is 0.962. The third-order valence-corrected chi connectivity index (χ3v) is 2.37. The summed E-state index contributed by atoms with van der Waals surface area (Å²) < 4.78 is 23.7. The van der Waals surface area contributed by atoms with Crippen molar-refractivity contribution in [3.05, 3.63) is 53.7 Å². The predicted molar refractivity (Wildman–Crippen MR) is 62.2 cm³/mol. The lowest BCUT2D eigenvalue weighted by Gasteiger charge is -2.06. The van der Waals surface area contributed by atoms with Crippen LogP contribution in [0.4, 0.5) is 4.39 Å². The van der Waals surface area contributed by atoms with Crippen molar-refractivity contribution in [2.45, 2.75) is 13.2 Å². The summed E-state index contributed by atoms with van der Waals surface area (Å²) >= 11 is 0. The number of benzene rings is 1. The Bertz CT molecular complexity index is 482. The summed E-state index contributed by atoms with van der Waals surface area (Å²) in [5.74, 6) is 1.05. The first kappa shape index (κ1) is 11.7. The van der Waals surface area contributed by atoms with Crippen molar-refractivity contribution in [2.24, 2.45) is 0 Å². The first-order chi connectivity index (χ1) is 8.29. The molecule has 0 aliphatic carbocycles. The fourth-order valence-electron chi connectivity index (χ4n) is 1.53. The van der Waals surface area contributed by atoms with E-state index in [0.29, 0.717) is 18.9 Å². The van der Waals surface area contributed by atoms with Crippen LogP contribution in [0, 0.1) is 5.82 Å². The van der Waals surface area contributed by atoms with Crippen LogP contribution in [0.1, 0.15) is 11.3 Å². The minimum Gasteiger partial charge on any atom is -0.489 e. The van der Waals surface area contributed by atoms with Crippen LogP contribution >= 0.6 is 0 Å². The Hall–Kier alpha value is -1.81. The first-order valence-electron chi connectivity index (χ1n) is 5.38. The smallest absolute Gasteiger partial charge is 0.126 e. The molecule has 0 bridgehead atoms. The van der Waals surface area contributed by atoms with Crippen LogP contribution < -0.4 is 10.1 Å². The van der Waals surface area contributed by atoms with E-state index in [1.54, 1.807) is 18.4 Å². The molecule has 0 amide bonds. The fraction of sp³-hybridized carbons (Fsp3) is 0.231. The average molecular weight is 235 g/mol.